The third-order valence-electron chi connectivity index (χ3n) is 4.97. The van der Waals surface area contributed by atoms with Crippen LogP contribution < -0.4 is 0 Å². The second kappa shape index (κ2) is 8.60. The first-order valence-corrected chi connectivity index (χ1v) is 8.94. The Hall–Kier alpha value is -1.43. The van der Waals surface area contributed by atoms with E-state index in [4.69, 9.17) is 9.47 Å². The van der Waals surface area contributed by atoms with E-state index >= 15 is 0 Å². The number of methoxy groups -OCH3 is 1. The Kier molecular flexibility index (Phi) is 6.24. The SMILES string of the molecule is COCc1ccccc1C(=O)N1CCCC(CN2CCOCC2)C1. The van der Waals surface area contributed by atoms with Gasteiger partial charge in [0.1, 0.15) is 0 Å². The molecule has 1 aromatic carbocycles. The van der Waals surface area contributed by atoms with Gasteiger partial charge in [0, 0.05) is 45.4 Å². The first-order valence-electron chi connectivity index (χ1n) is 8.94. The lowest BCUT2D eigenvalue weighted by atomic mass is 9.96. The molecule has 2 fully saturated rings. The highest BCUT2D eigenvalue weighted by Gasteiger charge is 2.27. The van der Waals surface area contributed by atoms with Crippen LogP contribution in [0.2, 0.25) is 0 Å². The molecule has 132 valence electrons. The van der Waals surface area contributed by atoms with Crippen molar-refractivity contribution in [1.82, 2.24) is 9.80 Å². The molecule has 0 N–H and O–H groups in total. The van der Waals surface area contributed by atoms with E-state index in [0.29, 0.717) is 12.5 Å². The van der Waals surface area contributed by atoms with Crippen molar-refractivity contribution < 1.29 is 14.3 Å². The summed E-state index contributed by atoms with van der Waals surface area (Å²) < 4.78 is 10.7. The molecule has 2 aliphatic rings. The summed E-state index contributed by atoms with van der Waals surface area (Å²) in [6.07, 6.45) is 2.30. The van der Waals surface area contributed by atoms with Crippen LogP contribution in [0.1, 0.15) is 28.8 Å². The summed E-state index contributed by atoms with van der Waals surface area (Å²) in [5.74, 6) is 0.713. The summed E-state index contributed by atoms with van der Waals surface area (Å²) in [7, 11) is 1.67. The predicted octanol–water partition coefficient (Wildman–Crippen LogP) is 2.02. The van der Waals surface area contributed by atoms with Gasteiger partial charge in [-0.3, -0.25) is 9.69 Å². The fourth-order valence-electron chi connectivity index (χ4n) is 3.73. The zero-order chi connectivity index (χ0) is 16.8. The fourth-order valence-corrected chi connectivity index (χ4v) is 3.73. The summed E-state index contributed by atoms with van der Waals surface area (Å²) >= 11 is 0. The zero-order valence-corrected chi connectivity index (χ0v) is 14.6. The molecule has 1 unspecified atom stereocenters. The van der Waals surface area contributed by atoms with Crippen LogP contribution in [0.5, 0.6) is 0 Å². The lowest BCUT2D eigenvalue weighted by molar-refractivity contribution is 0.0223. The maximum absolute atomic E-state index is 13.0. The summed E-state index contributed by atoms with van der Waals surface area (Å²) in [4.78, 5) is 17.5. The van der Waals surface area contributed by atoms with Gasteiger partial charge < -0.3 is 14.4 Å². The molecule has 24 heavy (non-hydrogen) atoms. The van der Waals surface area contributed by atoms with Gasteiger partial charge in [0.25, 0.3) is 5.91 Å². The van der Waals surface area contributed by atoms with Crippen molar-refractivity contribution in [2.45, 2.75) is 19.4 Å². The lowest BCUT2D eigenvalue weighted by Gasteiger charge is -2.37. The van der Waals surface area contributed by atoms with Gasteiger partial charge in [-0.2, -0.15) is 0 Å². The van der Waals surface area contributed by atoms with Crippen LogP contribution in [0.4, 0.5) is 0 Å². The van der Waals surface area contributed by atoms with E-state index in [9.17, 15) is 4.79 Å². The Balaban J connectivity index is 1.62. The molecule has 0 aliphatic carbocycles. The largest absolute Gasteiger partial charge is 0.380 e. The van der Waals surface area contributed by atoms with Crippen molar-refractivity contribution in [2.75, 3.05) is 53.0 Å². The van der Waals surface area contributed by atoms with Gasteiger partial charge in [-0.1, -0.05) is 18.2 Å². The Bertz CT molecular complexity index is 543. The standard InChI is InChI=1S/C19H28N2O3/c1-23-15-17-6-2-3-7-18(17)19(22)21-8-4-5-16(14-21)13-20-9-11-24-12-10-20/h2-3,6-7,16H,4-5,8-15H2,1H3. The molecule has 1 atom stereocenters. The molecule has 1 amide bonds. The van der Waals surface area contributed by atoms with E-state index in [1.165, 1.54) is 6.42 Å². The summed E-state index contributed by atoms with van der Waals surface area (Å²) in [6, 6.07) is 7.79. The number of morpholine rings is 1. The minimum Gasteiger partial charge on any atom is -0.380 e. The van der Waals surface area contributed by atoms with Crippen molar-refractivity contribution in [1.29, 1.82) is 0 Å². The molecular weight excluding hydrogens is 304 g/mol. The van der Waals surface area contributed by atoms with E-state index in [2.05, 4.69) is 4.90 Å². The predicted molar refractivity (Wildman–Crippen MR) is 93.0 cm³/mol. The average molecular weight is 332 g/mol. The lowest BCUT2D eigenvalue weighted by Crippen LogP contribution is -2.46. The minimum atomic E-state index is 0.148. The van der Waals surface area contributed by atoms with Crippen molar-refractivity contribution in [3.63, 3.8) is 0 Å². The number of piperidine rings is 1. The molecule has 3 rings (SSSR count). The highest BCUT2D eigenvalue weighted by atomic mass is 16.5. The van der Waals surface area contributed by atoms with Gasteiger partial charge in [-0.25, -0.2) is 0 Å². The normalized spacial score (nSPS) is 22.5. The van der Waals surface area contributed by atoms with E-state index in [1.54, 1.807) is 7.11 Å². The quantitative estimate of drug-likeness (QED) is 0.827. The number of nitrogens with zero attached hydrogens (tertiary/aromatic N) is 2. The first-order chi connectivity index (χ1) is 11.8. The molecule has 0 spiro atoms. The van der Waals surface area contributed by atoms with Crippen molar-refractivity contribution in [3.05, 3.63) is 35.4 Å². The topological polar surface area (TPSA) is 42.0 Å². The number of hydrogen-bond donors (Lipinski definition) is 0. The molecule has 2 heterocycles. The maximum Gasteiger partial charge on any atom is 0.254 e. The van der Waals surface area contributed by atoms with Crippen LogP contribution in [0.25, 0.3) is 0 Å². The summed E-state index contributed by atoms with van der Waals surface area (Å²) in [5, 5.41) is 0. The Morgan fingerprint density at radius 2 is 2.04 bits per heavy atom. The molecule has 5 nitrogen and oxygen atoms in total. The molecule has 0 saturated carbocycles. The van der Waals surface area contributed by atoms with Crippen molar-refractivity contribution in [3.8, 4) is 0 Å². The van der Waals surface area contributed by atoms with Crippen LogP contribution in [-0.2, 0) is 16.1 Å². The van der Waals surface area contributed by atoms with Crippen LogP contribution in [0.15, 0.2) is 24.3 Å². The Morgan fingerprint density at radius 3 is 2.83 bits per heavy atom. The van der Waals surface area contributed by atoms with Crippen LogP contribution >= 0.6 is 0 Å². The van der Waals surface area contributed by atoms with Crippen molar-refractivity contribution in [2.24, 2.45) is 5.92 Å². The van der Waals surface area contributed by atoms with Crippen molar-refractivity contribution >= 4 is 5.91 Å². The van der Waals surface area contributed by atoms with Crippen LogP contribution in [0.3, 0.4) is 0 Å². The first kappa shape index (κ1) is 17.4. The highest BCUT2D eigenvalue weighted by molar-refractivity contribution is 5.95. The number of hydrogen-bond acceptors (Lipinski definition) is 4. The molecular formula is C19H28N2O3. The van der Waals surface area contributed by atoms with E-state index < -0.39 is 0 Å². The molecule has 2 saturated heterocycles. The maximum atomic E-state index is 13.0. The van der Waals surface area contributed by atoms with E-state index in [1.807, 2.05) is 29.2 Å². The van der Waals surface area contributed by atoms with Gasteiger partial charge in [0.2, 0.25) is 0 Å². The zero-order valence-electron chi connectivity index (χ0n) is 14.6. The van der Waals surface area contributed by atoms with Crippen LogP contribution in [0, 0.1) is 5.92 Å². The second-order valence-electron chi connectivity index (χ2n) is 6.76. The molecule has 2 aliphatic heterocycles. The van der Waals surface area contributed by atoms with Gasteiger partial charge in [-0.05, 0) is 30.4 Å². The summed E-state index contributed by atoms with van der Waals surface area (Å²) in [6.45, 7) is 6.97. The molecule has 5 heteroatoms. The minimum absolute atomic E-state index is 0.148. The molecule has 0 bridgehead atoms. The van der Waals surface area contributed by atoms with Crippen LogP contribution in [-0.4, -0.2) is 68.8 Å². The number of carbonyl (C=O) groups excluding carboxylic acids is 1. The Labute approximate surface area is 144 Å². The highest BCUT2D eigenvalue weighted by Crippen LogP contribution is 2.21. The van der Waals surface area contributed by atoms with Gasteiger partial charge >= 0.3 is 0 Å². The monoisotopic (exact) mass is 332 g/mol. The Morgan fingerprint density at radius 1 is 1.25 bits per heavy atom. The van der Waals surface area contributed by atoms with E-state index in [-0.39, 0.29) is 5.91 Å². The average Bonchev–Trinajstić information content (AvgIpc) is 2.63. The fraction of sp³-hybridized carbons (Fsp3) is 0.632. The van der Waals surface area contributed by atoms with Gasteiger partial charge in [-0.15, -0.1) is 0 Å². The third kappa shape index (κ3) is 4.35. The number of likely N-dealkylation sites (tertiary alicyclic amines) is 1. The number of carbonyl (C=O) groups is 1. The molecule has 0 radical (unpaired) electrons. The second-order valence-corrected chi connectivity index (χ2v) is 6.76. The number of rotatable bonds is 5. The summed E-state index contributed by atoms with van der Waals surface area (Å²) in [5.41, 5.74) is 1.76. The number of benzene rings is 1. The van der Waals surface area contributed by atoms with Gasteiger partial charge in [0.05, 0.1) is 19.8 Å². The molecule has 0 aromatic heterocycles. The van der Waals surface area contributed by atoms with Gasteiger partial charge in [0.15, 0.2) is 0 Å². The number of amides is 1. The number of ether oxygens (including phenoxy) is 2. The molecule has 1 aromatic rings. The van der Waals surface area contributed by atoms with E-state index in [0.717, 1.165) is 63.5 Å². The third-order valence-corrected chi connectivity index (χ3v) is 4.97. The smallest absolute Gasteiger partial charge is 0.254 e.